The van der Waals surface area contributed by atoms with Gasteiger partial charge in [-0.15, -0.1) is 0 Å². The number of hydrogen-bond acceptors (Lipinski definition) is 2. The molecular formula is C24H22N2O2. The van der Waals surface area contributed by atoms with Crippen LogP contribution in [0.15, 0.2) is 83.9 Å². The van der Waals surface area contributed by atoms with E-state index < -0.39 is 6.09 Å². The van der Waals surface area contributed by atoms with Gasteiger partial charge in [-0.25, -0.2) is 9.79 Å². The molecule has 0 heterocycles. The molecule has 0 bridgehead atoms. The first kappa shape index (κ1) is 18.0. The first-order valence-electron chi connectivity index (χ1n) is 9.50. The van der Waals surface area contributed by atoms with Crippen LogP contribution in [0.4, 0.5) is 10.5 Å². The van der Waals surface area contributed by atoms with Crippen molar-refractivity contribution in [2.45, 2.75) is 25.3 Å². The standard InChI is InChI=1S/C24H22N2O2/c27-24(28)26-22-14-12-19-15-21(13-11-20(19)16-22)25-23(17-7-3-1-4-8-17)18-9-5-2-6-10-18/h1-11,13,15,22,26H,12,14,16H2,(H,27,28). The third-order valence-corrected chi connectivity index (χ3v) is 5.08. The Labute approximate surface area is 164 Å². The molecule has 1 aliphatic rings. The molecule has 28 heavy (non-hydrogen) atoms. The maximum absolute atomic E-state index is 10.9. The minimum Gasteiger partial charge on any atom is -0.465 e. The van der Waals surface area contributed by atoms with Gasteiger partial charge < -0.3 is 10.4 Å². The maximum atomic E-state index is 10.9. The zero-order chi connectivity index (χ0) is 19.3. The van der Waals surface area contributed by atoms with Crippen molar-refractivity contribution in [1.29, 1.82) is 0 Å². The molecule has 1 unspecified atom stereocenters. The number of benzene rings is 3. The summed E-state index contributed by atoms with van der Waals surface area (Å²) in [4.78, 5) is 15.9. The lowest BCUT2D eigenvalue weighted by Crippen LogP contribution is -2.37. The van der Waals surface area contributed by atoms with Gasteiger partial charge in [0.1, 0.15) is 0 Å². The molecule has 0 spiro atoms. The van der Waals surface area contributed by atoms with Crippen LogP contribution in [0.5, 0.6) is 0 Å². The predicted octanol–water partition coefficient (Wildman–Crippen LogP) is 4.98. The number of rotatable bonds is 4. The van der Waals surface area contributed by atoms with E-state index in [4.69, 9.17) is 10.1 Å². The fourth-order valence-electron chi connectivity index (χ4n) is 3.73. The molecule has 2 N–H and O–H groups in total. The average Bonchev–Trinajstić information content (AvgIpc) is 2.73. The van der Waals surface area contributed by atoms with E-state index in [2.05, 4.69) is 41.7 Å². The van der Waals surface area contributed by atoms with Gasteiger partial charge in [-0.1, -0.05) is 66.7 Å². The number of hydrogen-bond donors (Lipinski definition) is 2. The van der Waals surface area contributed by atoms with Crippen molar-refractivity contribution < 1.29 is 9.90 Å². The van der Waals surface area contributed by atoms with Crippen LogP contribution >= 0.6 is 0 Å². The molecule has 0 saturated heterocycles. The van der Waals surface area contributed by atoms with Crippen molar-refractivity contribution in [3.8, 4) is 0 Å². The zero-order valence-corrected chi connectivity index (χ0v) is 15.5. The SMILES string of the molecule is O=C(O)NC1CCc2cc(N=C(c3ccccc3)c3ccccc3)ccc2C1. The number of aryl methyl sites for hydroxylation is 1. The second kappa shape index (κ2) is 8.09. The molecule has 0 radical (unpaired) electrons. The van der Waals surface area contributed by atoms with Crippen molar-refractivity contribution in [3.05, 3.63) is 101 Å². The van der Waals surface area contributed by atoms with Gasteiger partial charge in [0, 0.05) is 17.2 Å². The topological polar surface area (TPSA) is 61.7 Å². The highest BCUT2D eigenvalue weighted by Gasteiger charge is 2.20. The molecule has 0 fully saturated rings. The average molecular weight is 370 g/mol. The molecule has 4 heteroatoms. The summed E-state index contributed by atoms with van der Waals surface area (Å²) in [6.45, 7) is 0. The van der Waals surface area contributed by atoms with Gasteiger partial charge in [0.2, 0.25) is 0 Å². The number of nitrogens with one attached hydrogen (secondary N) is 1. The normalized spacial score (nSPS) is 15.4. The summed E-state index contributed by atoms with van der Waals surface area (Å²) < 4.78 is 0. The summed E-state index contributed by atoms with van der Waals surface area (Å²) in [6.07, 6.45) is 1.45. The third kappa shape index (κ3) is 4.12. The Hall–Kier alpha value is -3.40. The summed E-state index contributed by atoms with van der Waals surface area (Å²) in [5.74, 6) is 0. The summed E-state index contributed by atoms with van der Waals surface area (Å²) in [5.41, 5.74) is 6.48. The van der Waals surface area contributed by atoms with Gasteiger partial charge in [-0.2, -0.15) is 0 Å². The minimum atomic E-state index is -0.954. The van der Waals surface area contributed by atoms with Crippen LogP contribution in [-0.4, -0.2) is 23.0 Å². The van der Waals surface area contributed by atoms with Crippen LogP contribution in [-0.2, 0) is 12.8 Å². The number of nitrogens with zero attached hydrogens (tertiary/aromatic N) is 1. The van der Waals surface area contributed by atoms with Crippen molar-refractivity contribution in [1.82, 2.24) is 5.32 Å². The Morgan fingerprint density at radius 1 is 0.893 bits per heavy atom. The number of fused-ring (bicyclic) bond motifs is 1. The van der Waals surface area contributed by atoms with Crippen LogP contribution in [0.2, 0.25) is 0 Å². The van der Waals surface area contributed by atoms with E-state index in [9.17, 15) is 4.79 Å². The fraction of sp³-hybridized carbons (Fsp3) is 0.167. The summed E-state index contributed by atoms with van der Waals surface area (Å²) >= 11 is 0. The second-order valence-corrected chi connectivity index (χ2v) is 7.03. The Morgan fingerprint density at radius 2 is 1.54 bits per heavy atom. The number of carbonyl (C=O) groups is 1. The second-order valence-electron chi connectivity index (χ2n) is 7.03. The molecule has 3 aromatic rings. The Bertz CT molecular complexity index is 956. The Balaban J connectivity index is 1.67. The molecule has 4 nitrogen and oxygen atoms in total. The highest BCUT2D eigenvalue weighted by Crippen LogP contribution is 2.27. The smallest absolute Gasteiger partial charge is 0.404 e. The summed E-state index contributed by atoms with van der Waals surface area (Å²) in [5, 5.41) is 11.5. The van der Waals surface area contributed by atoms with Gasteiger partial charge in [-0.3, -0.25) is 0 Å². The molecule has 1 atom stereocenters. The van der Waals surface area contributed by atoms with Gasteiger partial charge in [0.25, 0.3) is 0 Å². The lowest BCUT2D eigenvalue weighted by atomic mass is 9.88. The monoisotopic (exact) mass is 370 g/mol. The van der Waals surface area contributed by atoms with E-state index in [1.807, 2.05) is 42.5 Å². The number of carboxylic acid groups (broad SMARTS) is 1. The molecule has 0 saturated carbocycles. The van der Waals surface area contributed by atoms with Gasteiger partial charge in [0.05, 0.1) is 11.4 Å². The quantitative estimate of drug-likeness (QED) is 0.636. The predicted molar refractivity (Wildman–Crippen MR) is 112 cm³/mol. The number of amides is 1. The minimum absolute atomic E-state index is 0.0106. The highest BCUT2D eigenvalue weighted by molar-refractivity contribution is 6.13. The molecule has 3 aromatic carbocycles. The number of aliphatic imine (C=N–C) groups is 1. The van der Waals surface area contributed by atoms with E-state index >= 15 is 0 Å². The molecule has 4 rings (SSSR count). The summed E-state index contributed by atoms with van der Waals surface area (Å²) in [6, 6.07) is 26.6. The molecule has 1 aliphatic carbocycles. The largest absolute Gasteiger partial charge is 0.465 e. The van der Waals surface area contributed by atoms with Crippen LogP contribution in [0.3, 0.4) is 0 Å². The lowest BCUT2D eigenvalue weighted by molar-refractivity contribution is 0.188. The summed E-state index contributed by atoms with van der Waals surface area (Å²) in [7, 11) is 0. The van der Waals surface area contributed by atoms with E-state index in [0.717, 1.165) is 41.8 Å². The molecule has 0 aromatic heterocycles. The van der Waals surface area contributed by atoms with Crippen LogP contribution < -0.4 is 5.32 Å². The van der Waals surface area contributed by atoms with E-state index in [1.54, 1.807) is 0 Å². The van der Waals surface area contributed by atoms with Crippen molar-refractivity contribution in [2.75, 3.05) is 0 Å². The fourth-order valence-corrected chi connectivity index (χ4v) is 3.73. The molecular weight excluding hydrogens is 348 g/mol. The van der Waals surface area contributed by atoms with E-state index in [1.165, 1.54) is 11.1 Å². The molecule has 0 aliphatic heterocycles. The van der Waals surface area contributed by atoms with Gasteiger partial charge in [-0.05, 0) is 42.5 Å². The Kier molecular flexibility index (Phi) is 5.20. The maximum Gasteiger partial charge on any atom is 0.404 e. The van der Waals surface area contributed by atoms with Crippen molar-refractivity contribution in [3.63, 3.8) is 0 Å². The van der Waals surface area contributed by atoms with Gasteiger partial charge >= 0.3 is 6.09 Å². The van der Waals surface area contributed by atoms with Crippen molar-refractivity contribution >= 4 is 17.5 Å². The third-order valence-electron chi connectivity index (χ3n) is 5.08. The highest BCUT2D eigenvalue weighted by atomic mass is 16.4. The van der Waals surface area contributed by atoms with Crippen LogP contribution in [0.25, 0.3) is 0 Å². The van der Waals surface area contributed by atoms with Crippen LogP contribution in [0, 0.1) is 0 Å². The first-order chi connectivity index (χ1) is 13.7. The molecule has 140 valence electrons. The zero-order valence-electron chi connectivity index (χ0n) is 15.5. The molecule has 1 amide bonds. The van der Waals surface area contributed by atoms with Gasteiger partial charge in [0.15, 0.2) is 0 Å². The van der Waals surface area contributed by atoms with Crippen molar-refractivity contribution in [2.24, 2.45) is 4.99 Å². The first-order valence-corrected chi connectivity index (χ1v) is 9.50. The van der Waals surface area contributed by atoms with E-state index in [-0.39, 0.29) is 6.04 Å². The lowest BCUT2D eigenvalue weighted by Gasteiger charge is -2.24. The van der Waals surface area contributed by atoms with Crippen LogP contribution in [0.1, 0.15) is 28.7 Å². The Morgan fingerprint density at radius 3 is 2.14 bits per heavy atom. The van der Waals surface area contributed by atoms with E-state index in [0.29, 0.717) is 0 Å².